The highest BCUT2D eigenvalue weighted by atomic mass is 79.9. The third-order valence-electron chi connectivity index (χ3n) is 2.31. The fourth-order valence-corrected chi connectivity index (χ4v) is 3.16. The largest absolute Gasteiger partial charge is 0.772 e. The Morgan fingerprint density at radius 2 is 2.16 bits per heavy atom. The first-order valence-electron chi connectivity index (χ1n) is 5.49. The molecule has 1 atom stereocenters. The number of hydrogen-bond donors (Lipinski definition) is 0. The summed E-state index contributed by atoms with van der Waals surface area (Å²) in [7, 11) is 0. The predicted octanol–water partition coefficient (Wildman–Crippen LogP) is 3.18. The summed E-state index contributed by atoms with van der Waals surface area (Å²) < 4.78 is 26.6. The summed E-state index contributed by atoms with van der Waals surface area (Å²) in [5, 5.41) is 0.590. The van der Waals surface area contributed by atoms with Crippen LogP contribution in [0.5, 0.6) is 0 Å². The van der Waals surface area contributed by atoms with E-state index in [2.05, 4.69) is 15.9 Å². The maximum Gasteiger partial charge on any atom is 0.339 e. The van der Waals surface area contributed by atoms with Gasteiger partial charge in [0.2, 0.25) is 0 Å². The van der Waals surface area contributed by atoms with Crippen molar-refractivity contribution in [1.29, 1.82) is 0 Å². The zero-order valence-electron chi connectivity index (χ0n) is 10.4. The quantitative estimate of drug-likeness (QED) is 0.455. The Labute approximate surface area is 127 Å². The number of carbonyl (C=O) groups is 1. The minimum absolute atomic E-state index is 0.139. The lowest BCUT2D eigenvalue weighted by Gasteiger charge is -2.15. The van der Waals surface area contributed by atoms with E-state index < -0.39 is 17.0 Å². The number of rotatable bonds is 5. The van der Waals surface area contributed by atoms with Gasteiger partial charge in [0.1, 0.15) is 0 Å². The van der Waals surface area contributed by atoms with Gasteiger partial charge in [-0.3, -0.25) is 4.21 Å². The van der Waals surface area contributed by atoms with Crippen molar-refractivity contribution in [2.45, 2.75) is 31.0 Å². The van der Waals surface area contributed by atoms with Gasteiger partial charge in [-0.05, 0) is 31.0 Å². The molecular weight excluding hydrogens is 356 g/mol. The van der Waals surface area contributed by atoms with Crippen LogP contribution >= 0.6 is 27.5 Å². The molecule has 0 aliphatic carbocycles. The molecule has 7 heteroatoms. The Bertz CT molecular complexity index is 505. The molecule has 0 aromatic heterocycles. The topological polar surface area (TPSA) is 66.4 Å². The maximum absolute atomic E-state index is 11.8. The minimum atomic E-state index is -2.21. The Morgan fingerprint density at radius 1 is 1.53 bits per heavy atom. The lowest BCUT2D eigenvalue weighted by molar-refractivity contribution is 0.0378. The summed E-state index contributed by atoms with van der Waals surface area (Å²) in [6.45, 7) is 3.48. The predicted molar refractivity (Wildman–Crippen MR) is 77.3 cm³/mol. The molecule has 106 valence electrons. The van der Waals surface area contributed by atoms with Crippen molar-refractivity contribution in [3.63, 3.8) is 0 Å². The second kappa shape index (κ2) is 7.38. The van der Waals surface area contributed by atoms with E-state index in [-0.39, 0.29) is 22.4 Å². The summed E-state index contributed by atoms with van der Waals surface area (Å²) in [5.74, 6) is -0.655. The Kier molecular flexibility index (Phi) is 6.46. The van der Waals surface area contributed by atoms with Crippen LogP contribution in [0.3, 0.4) is 0 Å². The average molecular weight is 369 g/mol. The molecule has 0 heterocycles. The third kappa shape index (κ3) is 4.56. The summed E-state index contributed by atoms with van der Waals surface area (Å²) in [6.07, 6.45) is -0.246. The van der Waals surface area contributed by atoms with Gasteiger partial charge in [-0.2, -0.15) is 0 Å². The van der Waals surface area contributed by atoms with E-state index in [9.17, 15) is 13.6 Å². The van der Waals surface area contributed by atoms with E-state index in [1.165, 1.54) is 6.07 Å². The first kappa shape index (κ1) is 16.6. The summed E-state index contributed by atoms with van der Waals surface area (Å²) in [6, 6.07) is 3.07. The maximum atomic E-state index is 11.8. The molecule has 0 fully saturated rings. The number of hydrogen-bond acceptors (Lipinski definition) is 4. The van der Waals surface area contributed by atoms with Gasteiger partial charge in [0.15, 0.2) is 0 Å². The highest BCUT2D eigenvalue weighted by molar-refractivity contribution is 9.08. The molecule has 0 spiro atoms. The second-order valence-corrected chi connectivity index (χ2v) is 5.94. The highest BCUT2D eigenvalue weighted by Gasteiger charge is 2.18. The molecule has 1 rings (SSSR count). The van der Waals surface area contributed by atoms with Gasteiger partial charge in [-0.1, -0.05) is 44.7 Å². The Balaban J connectivity index is 3.17. The van der Waals surface area contributed by atoms with Crippen LogP contribution in [0.2, 0.25) is 5.02 Å². The van der Waals surface area contributed by atoms with Gasteiger partial charge in [0.25, 0.3) is 0 Å². The molecule has 0 radical (unpaired) electrons. The van der Waals surface area contributed by atoms with Crippen LogP contribution in [-0.2, 0) is 26.9 Å². The molecule has 1 aromatic carbocycles. The molecule has 0 aliphatic heterocycles. The van der Waals surface area contributed by atoms with Crippen molar-refractivity contribution >= 4 is 44.6 Å². The Hall–Kier alpha value is -0.430. The Morgan fingerprint density at radius 3 is 2.63 bits per heavy atom. The van der Waals surface area contributed by atoms with Gasteiger partial charge in [-0.15, -0.1) is 0 Å². The first-order chi connectivity index (χ1) is 8.86. The van der Waals surface area contributed by atoms with Crippen molar-refractivity contribution in [3.8, 4) is 0 Å². The van der Waals surface area contributed by atoms with Gasteiger partial charge >= 0.3 is 5.97 Å². The van der Waals surface area contributed by atoms with Crippen LogP contribution in [0.15, 0.2) is 12.1 Å². The summed E-state index contributed by atoms with van der Waals surface area (Å²) in [5.41, 5.74) is 1.39. The molecular formula is C12H13BrClO4S-. The van der Waals surface area contributed by atoms with E-state index in [4.69, 9.17) is 16.3 Å². The van der Waals surface area contributed by atoms with Crippen molar-refractivity contribution in [2.75, 3.05) is 0 Å². The summed E-state index contributed by atoms with van der Waals surface area (Å²) in [4.78, 5) is 11.8. The number of ether oxygens (including phenoxy) is 1. The fourth-order valence-electron chi connectivity index (χ4n) is 1.50. The summed E-state index contributed by atoms with van der Waals surface area (Å²) >= 11 is 7.18. The number of halogens is 2. The molecule has 0 saturated heterocycles. The number of benzene rings is 1. The van der Waals surface area contributed by atoms with Crippen molar-refractivity contribution in [2.24, 2.45) is 0 Å². The van der Waals surface area contributed by atoms with E-state index in [0.717, 1.165) is 0 Å². The SMILES string of the molecule is CC(C)OC(=O)c1ccc(CS(=O)[O-])c(CBr)c1Cl. The molecule has 0 N–H and O–H groups in total. The van der Waals surface area contributed by atoms with Crippen LogP contribution in [0.25, 0.3) is 0 Å². The number of esters is 1. The normalized spacial score (nSPS) is 12.5. The smallest absolute Gasteiger partial charge is 0.339 e. The molecule has 0 amide bonds. The molecule has 0 bridgehead atoms. The van der Waals surface area contributed by atoms with Gasteiger partial charge in [0, 0.05) is 11.1 Å². The van der Waals surface area contributed by atoms with Crippen LogP contribution < -0.4 is 0 Å². The molecule has 1 aromatic rings. The first-order valence-corrected chi connectivity index (χ1v) is 8.24. The van der Waals surface area contributed by atoms with Gasteiger partial charge < -0.3 is 9.29 Å². The number of carbonyl (C=O) groups excluding carboxylic acids is 1. The van der Waals surface area contributed by atoms with Gasteiger partial charge in [0.05, 0.1) is 16.7 Å². The van der Waals surface area contributed by atoms with Crippen molar-refractivity contribution < 1.29 is 18.3 Å². The highest BCUT2D eigenvalue weighted by Crippen LogP contribution is 2.28. The second-order valence-electron chi connectivity index (χ2n) is 4.10. The van der Waals surface area contributed by atoms with E-state index in [0.29, 0.717) is 16.5 Å². The minimum Gasteiger partial charge on any atom is -0.772 e. The van der Waals surface area contributed by atoms with Crippen LogP contribution in [-0.4, -0.2) is 20.8 Å². The standard InChI is InChI=1S/C12H14BrClO4S/c1-7(2)18-12(15)9-4-3-8(6-19(16)17)10(5-13)11(9)14/h3-4,7H,5-6H2,1-2H3,(H,16,17)/p-1. The van der Waals surface area contributed by atoms with Crippen molar-refractivity contribution in [1.82, 2.24) is 0 Å². The number of alkyl halides is 1. The molecule has 1 unspecified atom stereocenters. The van der Waals surface area contributed by atoms with E-state index in [1.54, 1.807) is 19.9 Å². The molecule has 0 saturated carbocycles. The van der Waals surface area contributed by atoms with E-state index in [1.807, 2.05) is 0 Å². The van der Waals surface area contributed by atoms with Crippen LogP contribution in [0.1, 0.15) is 35.3 Å². The lowest BCUT2D eigenvalue weighted by atomic mass is 10.1. The average Bonchev–Trinajstić information content (AvgIpc) is 2.27. The van der Waals surface area contributed by atoms with Gasteiger partial charge in [-0.25, -0.2) is 4.79 Å². The van der Waals surface area contributed by atoms with Crippen LogP contribution in [0, 0.1) is 0 Å². The molecule has 0 aliphatic rings. The zero-order valence-corrected chi connectivity index (χ0v) is 13.6. The zero-order chi connectivity index (χ0) is 14.6. The monoisotopic (exact) mass is 367 g/mol. The van der Waals surface area contributed by atoms with Crippen molar-refractivity contribution in [3.05, 3.63) is 33.8 Å². The molecule has 4 nitrogen and oxygen atoms in total. The fraction of sp³-hybridized carbons (Fsp3) is 0.417. The third-order valence-corrected chi connectivity index (χ3v) is 3.85. The van der Waals surface area contributed by atoms with Crippen LogP contribution in [0.4, 0.5) is 0 Å². The van der Waals surface area contributed by atoms with E-state index >= 15 is 0 Å². The lowest BCUT2D eigenvalue weighted by Crippen LogP contribution is -2.13. The molecule has 19 heavy (non-hydrogen) atoms.